The van der Waals surface area contributed by atoms with Gasteiger partial charge in [0.25, 0.3) is 0 Å². The summed E-state index contributed by atoms with van der Waals surface area (Å²) in [5, 5.41) is 3.38. The highest BCUT2D eigenvalue weighted by molar-refractivity contribution is 4.68. The Balaban J connectivity index is 3.55. The van der Waals surface area contributed by atoms with Crippen LogP contribution >= 0.6 is 0 Å². The van der Waals surface area contributed by atoms with Gasteiger partial charge in [0.05, 0.1) is 12.2 Å². The molecule has 0 aliphatic rings. The molecule has 0 radical (unpaired) electrons. The Morgan fingerprint density at radius 1 is 1.38 bits per heavy atom. The van der Waals surface area contributed by atoms with Gasteiger partial charge in [-0.05, 0) is 25.8 Å². The van der Waals surface area contributed by atoms with Crippen molar-refractivity contribution in [3.05, 3.63) is 10.4 Å². The molecule has 0 spiro atoms. The molecule has 13 heavy (non-hydrogen) atoms. The van der Waals surface area contributed by atoms with Crippen LogP contribution in [0.1, 0.15) is 20.3 Å². The molecular formula is C8H17N3O2. The van der Waals surface area contributed by atoms with Crippen molar-refractivity contribution >= 4 is 0 Å². The molecule has 0 unspecified atom stereocenters. The summed E-state index contributed by atoms with van der Waals surface area (Å²) < 4.78 is 10.4. The SMILES string of the molecule is COCCC(C)(C)OCCN=[N+]=[N-]. The van der Waals surface area contributed by atoms with Crippen molar-refractivity contribution in [3.63, 3.8) is 0 Å². The van der Waals surface area contributed by atoms with Gasteiger partial charge in [-0.2, -0.15) is 0 Å². The average molecular weight is 187 g/mol. The van der Waals surface area contributed by atoms with Crippen molar-refractivity contribution in [2.45, 2.75) is 25.9 Å². The molecule has 0 aromatic rings. The lowest BCUT2D eigenvalue weighted by Crippen LogP contribution is -2.27. The smallest absolute Gasteiger partial charge is 0.0648 e. The summed E-state index contributed by atoms with van der Waals surface area (Å²) >= 11 is 0. The molecule has 76 valence electrons. The summed E-state index contributed by atoms with van der Waals surface area (Å²) in [6.07, 6.45) is 0.833. The van der Waals surface area contributed by atoms with Crippen LogP contribution in [0.5, 0.6) is 0 Å². The number of ether oxygens (including phenoxy) is 2. The van der Waals surface area contributed by atoms with E-state index in [0.29, 0.717) is 19.8 Å². The third kappa shape index (κ3) is 7.59. The Morgan fingerprint density at radius 2 is 2.08 bits per heavy atom. The van der Waals surface area contributed by atoms with E-state index in [9.17, 15) is 0 Å². The predicted octanol–water partition coefficient (Wildman–Crippen LogP) is 2.13. The van der Waals surface area contributed by atoms with E-state index >= 15 is 0 Å². The van der Waals surface area contributed by atoms with E-state index < -0.39 is 0 Å². The molecule has 0 atom stereocenters. The van der Waals surface area contributed by atoms with Crippen LogP contribution in [0.3, 0.4) is 0 Å². The summed E-state index contributed by atoms with van der Waals surface area (Å²) in [7, 11) is 1.66. The standard InChI is InChI=1S/C8H17N3O2/c1-8(2,4-6-12-3)13-7-5-10-11-9/h4-7H2,1-3H3. The highest BCUT2D eigenvalue weighted by Gasteiger charge is 2.16. The summed E-state index contributed by atoms with van der Waals surface area (Å²) in [6, 6.07) is 0. The minimum Gasteiger partial charge on any atom is -0.385 e. The van der Waals surface area contributed by atoms with Crippen LogP contribution in [0.25, 0.3) is 10.4 Å². The molecule has 0 aliphatic carbocycles. The van der Waals surface area contributed by atoms with E-state index in [-0.39, 0.29) is 5.60 Å². The molecule has 0 saturated carbocycles. The Hall–Kier alpha value is -0.770. The lowest BCUT2D eigenvalue weighted by Gasteiger charge is -2.24. The fourth-order valence-electron chi connectivity index (χ4n) is 0.828. The second-order valence-corrected chi connectivity index (χ2v) is 3.31. The van der Waals surface area contributed by atoms with Crippen LogP contribution in [0, 0.1) is 0 Å². The van der Waals surface area contributed by atoms with E-state index in [1.165, 1.54) is 0 Å². The van der Waals surface area contributed by atoms with Gasteiger partial charge < -0.3 is 9.47 Å². The number of nitrogens with zero attached hydrogens (tertiary/aromatic N) is 3. The first-order chi connectivity index (χ1) is 6.12. The van der Waals surface area contributed by atoms with Gasteiger partial charge in [-0.25, -0.2) is 0 Å². The van der Waals surface area contributed by atoms with Crippen LogP contribution in [0.15, 0.2) is 5.11 Å². The molecular weight excluding hydrogens is 170 g/mol. The van der Waals surface area contributed by atoms with Gasteiger partial charge in [0.2, 0.25) is 0 Å². The Morgan fingerprint density at radius 3 is 2.62 bits per heavy atom. The van der Waals surface area contributed by atoms with Crippen molar-refractivity contribution in [2.75, 3.05) is 26.9 Å². The van der Waals surface area contributed by atoms with Gasteiger partial charge in [-0.15, -0.1) is 0 Å². The molecule has 0 fully saturated rings. The molecule has 0 aromatic carbocycles. The van der Waals surface area contributed by atoms with E-state index in [2.05, 4.69) is 10.0 Å². The summed E-state index contributed by atoms with van der Waals surface area (Å²) in [4.78, 5) is 2.64. The first-order valence-electron chi connectivity index (χ1n) is 4.26. The van der Waals surface area contributed by atoms with Gasteiger partial charge in [0.15, 0.2) is 0 Å². The van der Waals surface area contributed by atoms with Crippen LogP contribution in [-0.2, 0) is 9.47 Å². The van der Waals surface area contributed by atoms with Crippen LogP contribution in [0.4, 0.5) is 0 Å². The maximum atomic E-state index is 8.02. The average Bonchev–Trinajstić information content (AvgIpc) is 2.09. The quantitative estimate of drug-likeness (QED) is 0.265. The molecule has 0 heterocycles. The third-order valence-electron chi connectivity index (χ3n) is 1.66. The van der Waals surface area contributed by atoms with Gasteiger partial charge in [0, 0.05) is 25.2 Å². The minimum absolute atomic E-state index is 0.207. The van der Waals surface area contributed by atoms with Crippen LogP contribution in [-0.4, -0.2) is 32.5 Å². The zero-order chi connectivity index (χ0) is 10.2. The van der Waals surface area contributed by atoms with Gasteiger partial charge >= 0.3 is 0 Å². The maximum Gasteiger partial charge on any atom is 0.0648 e. The maximum absolute atomic E-state index is 8.02. The summed E-state index contributed by atoms with van der Waals surface area (Å²) in [6.45, 7) is 5.49. The highest BCUT2D eigenvalue weighted by atomic mass is 16.5. The Kier molecular flexibility index (Phi) is 6.32. The number of hydrogen-bond acceptors (Lipinski definition) is 3. The molecule has 0 saturated heterocycles. The van der Waals surface area contributed by atoms with E-state index in [1.54, 1.807) is 7.11 Å². The topological polar surface area (TPSA) is 67.2 Å². The summed E-state index contributed by atoms with van der Waals surface area (Å²) in [5.41, 5.74) is 7.81. The molecule has 0 aliphatic heterocycles. The second-order valence-electron chi connectivity index (χ2n) is 3.31. The van der Waals surface area contributed by atoms with Crippen molar-refractivity contribution < 1.29 is 9.47 Å². The Labute approximate surface area is 78.7 Å². The lowest BCUT2D eigenvalue weighted by molar-refractivity contribution is -0.0326. The van der Waals surface area contributed by atoms with Crippen molar-refractivity contribution in [1.82, 2.24) is 0 Å². The Bertz CT molecular complexity index is 176. The zero-order valence-electron chi connectivity index (χ0n) is 8.49. The van der Waals surface area contributed by atoms with Gasteiger partial charge in [-0.3, -0.25) is 0 Å². The fraction of sp³-hybridized carbons (Fsp3) is 1.00. The van der Waals surface area contributed by atoms with Crippen molar-refractivity contribution in [2.24, 2.45) is 5.11 Å². The second kappa shape index (κ2) is 6.71. The van der Waals surface area contributed by atoms with Crippen LogP contribution in [0.2, 0.25) is 0 Å². The lowest BCUT2D eigenvalue weighted by atomic mass is 10.1. The molecule has 0 amide bonds. The number of azide groups is 1. The monoisotopic (exact) mass is 187 g/mol. The van der Waals surface area contributed by atoms with Gasteiger partial charge in [-0.1, -0.05) is 5.11 Å². The molecule has 0 rings (SSSR count). The fourth-order valence-corrected chi connectivity index (χ4v) is 0.828. The predicted molar refractivity (Wildman–Crippen MR) is 50.5 cm³/mol. The normalized spacial score (nSPS) is 11.0. The molecule has 5 nitrogen and oxygen atoms in total. The molecule has 5 heteroatoms. The molecule has 0 bridgehead atoms. The van der Waals surface area contributed by atoms with E-state index in [4.69, 9.17) is 15.0 Å². The number of rotatable bonds is 7. The first-order valence-corrected chi connectivity index (χ1v) is 4.26. The van der Waals surface area contributed by atoms with Crippen molar-refractivity contribution in [1.29, 1.82) is 0 Å². The van der Waals surface area contributed by atoms with Gasteiger partial charge in [0.1, 0.15) is 0 Å². The van der Waals surface area contributed by atoms with E-state index in [1.807, 2.05) is 13.8 Å². The van der Waals surface area contributed by atoms with E-state index in [0.717, 1.165) is 6.42 Å². The highest BCUT2D eigenvalue weighted by Crippen LogP contribution is 2.13. The molecule has 0 aromatic heterocycles. The minimum atomic E-state index is -0.207. The van der Waals surface area contributed by atoms with Crippen LogP contribution < -0.4 is 0 Å². The molecule has 0 N–H and O–H groups in total. The largest absolute Gasteiger partial charge is 0.385 e. The number of hydrogen-bond donors (Lipinski definition) is 0. The first kappa shape index (κ1) is 12.2. The number of methoxy groups -OCH3 is 1. The zero-order valence-corrected chi connectivity index (χ0v) is 8.49. The van der Waals surface area contributed by atoms with Crippen molar-refractivity contribution in [3.8, 4) is 0 Å². The third-order valence-corrected chi connectivity index (χ3v) is 1.66. The summed E-state index contributed by atoms with van der Waals surface area (Å²) in [5.74, 6) is 0.